The molecule has 1 fully saturated rings. The number of nitrogens with one attached hydrogen (secondary N) is 1. The van der Waals surface area contributed by atoms with E-state index in [9.17, 15) is 0 Å². The van der Waals surface area contributed by atoms with Crippen molar-refractivity contribution in [2.45, 2.75) is 38.1 Å². The first-order valence-corrected chi connectivity index (χ1v) is 7.94. The van der Waals surface area contributed by atoms with Crippen molar-refractivity contribution in [3.8, 4) is 0 Å². The Labute approximate surface area is 126 Å². The van der Waals surface area contributed by atoms with Gasteiger partial charge in [-0.15, -0.1) is 0 Å². The van der Waals surface area contributed by atoms with Crippen LogP contribution in [0.2, 0.25) is 0 Å². The van der Waals surface area contributed by atoms with Crippen molar-refractivity contribution in [3.05, 3.63) is 17.1 Å². The Kier molecular flexibility index (Phi) is 4.37. The van der Waals surface area contributed by atoms with Gasteiger partial charge in [0.15, 0.2) is 0 Å². The summed E-state index contributed by atoms with van der Waals surface area (Å²) >= 11 is 0. The van der Waals surface area contributed by atoms with Gasteiger partial charge in [0, 0.05) is 30.9 Å². The number of aromatic nitrogens is 2. The van der Waals surface area contributed by atoms with Gasteiger partial charge < -0.3 is 10.3 Å². The topological polar surface area (TPSA) is 70.3 Å². The number of hydrogen-bond donors (Lipinski definition) is 2. The molecule has 0 amide bonds. The lowest BCUT2D eigenvalue weighted by Crippen LogP contribution is -2.45. The van der Waals surface area contributed by atoms with E-state index in [0.29, 0.717) is 0 Å². The molecule has 3 N–H and O–H groups in total. The normalized spacial score (nSPS) is 24.4. The molecule has 1 aromatic heterocycles. The summed E-state index contributed by atoms with van der Waals surface area (Å²) in [6.07, 6.45) is 5.77. The molecular weight excluding hydrogens is 264 g/mol. The molecule has 3 rings (SSSR count). The summed E-state index contributed by atoms with van der Waals surface area (Å²) < 4.78 is 0. The van der Waals surface area contributed by atoms with E-state index in [1.807, 2.05) is 0 Å². The van der Waals surface area contributed by atoms with E-state index in [1.54, 1.807) is 0 Å². The number of nitrogens with zero attached hydrogens (tertiary/aromatic N) is 4. The first-order valence-electron chi connectivity index (χ1n) is 7.94. The standard InChI is InChI=1S/C15H26N6/c1-20-8-9-21(2)13(10-20)15-17-12-7-5-3-4-6-11(12)14(18-15)19-16/h13H,3-10,16H2,1-2H3,(H,17,18,19). The second-order valence-electron chi connectivity index (χ2n) is 6.32. The summed E-state index contributed by atoms with van der Waals surface area (Å²) in [4.78, 5) is 14.3. The molecule has 1 aliphatic heterocycles. The average Bonchev–Trinajstić information content (AvgIpc) is 2.74. The molecule has 21 heavy (non-hydrogen) atoms. The van der Waals surface area contributed by atoms with E-state index in [1.165, 1.54) is 30.5 Å². The highest BCUT2D eigenvalue weighted by atomic mass is 15.3. The Morgan fingerprint density at radius 2 is 1.90 bits per heavy atom. The minimum Gasteiger partial charge on any atom is -0.308 e. The Morgan fingerprint density at radius 3 is 2.71 bits per heavy atom. The van der Waals surface area contributed by atoms with Gasteiger partial charge in [0.1, 0.15) is 11.6 Å². The Hall–Kier alpha value is -1.24. The van der Waals surface area contributed by atoms with Crippen molar-refractivity contribution in [2.24, 2.45) is 5.84 Å². The number of piperazine rings is 1. The maximum atomic E-state index is 5.72. The van der Waals surface area contributed by atoms with Gasteiger partial charge in [0.2, 0.25) is 0 Å². The number of anilines is 1. The summed E-state index contributed by atoms with van der Waals surface area (Å²) in [5.74, 6) is 7.47. The lowest BCUT2D eigenvalue weighted by molar-refractivity contribution is 0.109. The number of fused-ring (bicyclic) bond motifs is 1. The Bertz CT molecular complexity index is 503. The largest absolute Gasteiger partial charge is 0.308 e. The number of likely N-dealkylation sites (N-methyl/N-ethyl adjacent to an activating group) is 2. The van der Waals surface area contributed by atoms with Gasteiger partial charge in [-0.25, -0.2) is 15.8 Å². The van der Waals surface area contributed by atoms with Crippen molar-refractivity contribution in [2.75, 3.05) is 39.2 Å². The molecule has 2 heterocycles. The minimum absolute atomic E-state index is 0.254. The maximum absolute atomic E-state index is 5.72. The fourth-order valence-electron chi connectivity index (χ4n) is 3.35. The number of aryl methyl sites for hydroxylation is 1. The van der Waals surface area contributed by atoms with E-state index in [-0.39, 0.29) is 6.04 Å². The van der Waals surface area contributed by atoms with Crippen LogP contribution in [0.5, 0.6) is 0 Å². The number of rotatable bonds is 2. The summed E-state index contributed by atoms with van der Waals surface area (Å²) in [6, 6.07) is 0.254. The van der Waals surface area contributed by atoms with E-state index >= 15 is 0 Å². The number of hydrogen-bond acceptors (Lipinski definition) is 6. The highest BCUT2D eigenvalue weighted by Crippen LogP contribution is 2.28. The minimum atomic E-state index is 0.254. The quantitative estimate of drug-likeness (QED) is 0.480. The first kappa shape index (κ1) is 14.7. The molecular formula is C15H26N6. The Morgan fingerprint density at radius 1 is 1.10 bits per heavy atom. The van der Waals surface area contributed by atoms with Crippen molar-refractivity contribution >= 4 is 5.82 Å². The summed E-state index contributed by atoms with van der Waals surface area (Å²) in [5, 5.41) is 0. The van der Waals surface area contributed by atoms with Crippen LogP contribution in [0.3, 0.4) is 0 Å². The number of hydrazine groups is 1. The smallest absolute Gasteiger partial charge is 0.149 e. The Balaban J connectivity index is 1.97. The average molecular weight is 290 g/mol. The van der Waals surface area contributed by atoms with Crippen LogP contribution in [-0.2, 0) is 12.8 Å². The molecule has 116 valence electrons. The lowest BCUT2D eigenvalue weighted by atomic mass is 10.1. The molecule has 0 bridgehead atoms. The molecule has 6 heteroatoms. The SMILES string of the molecule is CN1CCN(C)C(c2nc3c(c(NN)n2)CCCCC3)C1. The molecule has 0 saturated carbocycles. The number of nitrogen functional groups attached to an aromatic ring is 1. The lowest BCUT2D eigenvalue weighted by Gasteiger charge is -2.37. The van der Waals surface area contributed by atoms with E-state index < -0.39 is 0 Å². The van der Waals surface area contributed by atoms with Crippen LogP contribution in [0.15, 0.2) is 0 Å². The molecule has 0 radical (unpaired) electrons. The number of nitrogens with two attached hydrogens (primary N) is 1. The fraction of sp³-hybridized carbons (Fsp3) is 0.733. The predicted molar refractivity (Wildman–Crippen MR) is 84.0 cm³/mol. The van der Waals surface area contributed by atoms with Gasteiger partial charge >= 0.3 is 0 Å². The zero-order valence-electron chi connectivity index (χ0n) is 13.1. The monoisotopic (exact) mass is 290 g/mol. The molecule has 1 aromatic rings. The second-order valence-corrected chi connectivity index (χ2v) is 6.32. The first-order chi connectivity index (χ1) is 10.2. The maximum Gasteiger partial charge on any atom is 0.149 e. The van der Waals surface area contributed by atoms with E-state index in [2.05, 4.69) is 29.3 Å². The molecule has 1 saturated heterocycles. The van der Waals surface area contributed by atoms with Crippen LogP contribution in [0, 0.1) is 0 Å². The van der Waals surface area contributed by atoms with E-state index in [0.717, 1.165) is 44.1 Å². The highest BCUT2D eigenvalue weighted by molar-refractivity contribution is 5.46. The van der Waals surface area contributed by atoms with E-state index in [4.69, 9.17) is 15.8 Å². The van der Waals surface area contributed by atoms with Gasteiger partial charge in [0.05, 0.1) is 6.04 Å². The molecule has 6 nitrogen and oxygen atoms in total. The molecule has 0 spiro atoms. The van der Waals surface area contributed by atoms with Crippen LogP contribution in [0.1, 0.15) is 42.4 Å². The summed E-state index contributed by atoms with van der Waals surface area (Å²) in [7, 11) is 4.31. The van der Waals surface area contributed by atoms with Crippen LogP contribution in [0.25, 0.3) is 0 Å². The summed E-state index contributed by atoms with van der Waals surface area (Å²) in [6.45, 7) is 3.12. The van der Waals surface area contributed by atoms with Crippen molar-refractivity contribution in [1.82, 2.24) is 19.8 Å². The molecule has 1 unspecified atom stereocenters. The van der Waals surface area contributed by atoms with Crippen molar-refractivity contribution in [3.63, 3.8) is 0 Å². The van der Waals surface area contributed by atoms with Gasteiger partial charge in [-0.2, -0.15) is 0 Å². The van der Waals surface area contributed by atoms with Crippen LogP contribution in [-0.4, -0.2) is 53.5 Å². The van der Waals surface area contributed by atoms with Crippen LogP contribution >= 0.6 is 0 Å². The third-order valence-corrected chi connectivity index (χ3v) is 4.74. The second kappa shape index (κ2) is 6.25. The fourth-order valence-corrected chi connectivity index (χ4v) is 3.35. The van der Waals surface area contributed by atoms with Crippen molar-refractivity contribution < 1.29 is 0 Å². The van der Waals surface area contributed by atoms with Gasteiger partial charge in [-0.3, -0.25) is 4.90 Å². The molecule has 2 aliphatic rings. The third kappa shape index (κ3) is 3.02. The van der Waals surface area contributed by atoms with Crippen LogP contribution in [0.4, 0.5) is 5.82 Å². The van der Waals surface area contributed by atoms with Gasteiger partial charge in [0.25, 0.3) is 0 Å². The zero-order valence-corrected chi connectivity index (χ0v) is 13.1. The predicted octanol–water partition coefficient (Wildman–Crippen LogP) is 0.949. The molecule has 0 aromatic carbocycles. The van der Waals surface area contributed by atoms with Gasteiger partial charge in [-0.05, 0) is 39.8 Å². The third-order valence-electron chi connectivity index (χ3n) is 4.74. The zero-order chi connectivity index (χ0) is 14.8. The van der Waals surface area contributed by atoms with Gasteiger partial charge in [-0.1, -0.05) is 6.42 Å². The van der Waals surface area contributed by atoms with Crippen molar-refractivity contribution in [1.29, 1.82) is 0 Å². The van der Waals surface area contributed by atoms with Crippen LogP contribution < -0.4 is 11.3 Å². The highest BCUT2D eigenvalue weighted by Gasteiger charge is 2.28. The summed E-state index contributed by atoms with van der Waals surface area (Å²) in [5.41, 5.74) is 5.23. The molecule has 1 atom stereocenters. The molecule has 1 aliphatic carbocycles.